The number of sulfonamides is 1. The van der Waals surface area contributed by atoms with Crippen molar-refractivity contribution in [2.24, 2.45) is 0 Å². The predicted octanol–water partition coefficient (Wildman–Crippen LogP) is 2.56. The number of hydrogen-bond donors (Lipinski definition) is 1. The van der Waals surface area contributed by atoms with E-state index in [0.29, 0.717) is 15.7 Å². The van der Waals surface area contributed by atoms with Crippen LogP contribution in [0.3, 0.4) is 0 Å². The van der Waals surface area contributed by atoms with E-state index in [9.17, 15) is 8.42 Å². The van der Waals surface area contributed by atoms with Crippen LogP contribution in [-0.4, -0.2) is 24.8 Å². The molecule has 2 N–H and O–H groups in total. The molecular formula is C14H16BrN3O2S. The van der Waals surface area contributed by atoms with Gasteiger partial charge in [0, 0.05) is 36.1 Å². The standard InChI is InChI=1S/C14H16BrN3O2S/c1-10-6-12(15)13(16)7-14(10)21(19,20)18(2)9-11-4-3-5-17-8-11/h3-8H,9,16H2,1-2H3. The molecule has 2 aromatic rings. The number of rotatable bonds is 4. The highest BCUT2D eigenvalue weighted by Gasteiger charge is 2.23. The zero-order chi connectivity index (χ0) is 15.6. The first-order valence-corrected chi connectivity index (χ1v) is 8.46. The van der Waals surface area contributed by atoms with Crippen molar-refractivity contribution in [3.63, 3.8) is 0 Å². The number of aryl methyl sites for hydroxylation is 1. The van der Waals surface area contributed by atoms with Gasteiger partial charge in [0.15, 0.2) is 0 Å². The molecule has 0 aliphatic rings. The van der Waals surface area contributed by atoms with Gasteiger partial charge in [0.05, 0.1) is 4.90 Å². The zero-order valence-corrected chi connectivity index (χ0v) is 14.1. The van der Waals surface area contributed by atoms with Gasteiger partial charge in [-0.3, -0.25) is 4.98 Å². The first-order chi connectivity index (χ1) is 9.82. The number of pyridine rings is 1. The molecule has 0 atom stereocenters. The summed E-state index contributed by atoms with van der Waals surface area (Å²) in [4.78, 5) is 4.21. The second kappa shape index (κ2) is 6.13. The molecular weight excluding hydrogens is 354 g/mol. The third kappa shape index (κ3) is 3.42. The van der Waals surface area contributed by atoms with Gasteiger partial charge in [0.25, 0.3) is 0 Å². The van der Waals surface area contributed by atoms with Gasteiger partial charge in [-0.05, 0) is 52.2 Å². The number of nitrogen functional groups attached to an aromatic ring is 1. The lowest BCUT2D eigenvalue weighted by atomic mass is 10.2. The van der Waals surface area contributed by atoms with Crippen molar-refractivity contribution in [2.75, 3.05) is 12.8 Å². The molecule has 0 radical (unpaired) electrons. The average Bonchev–Trinajstić information content (AvgIpc) is 2.43. The van der Waals surface area contributed by atoms with Gasteiger partial charge in [-0.2, -0.15) is 4.31 Å². The Balaban J connectivity index is 2.36. The Bertz CT molecular complexity index is 748. The molecule has 0 aliphatic carbocycles. The summed E-state index contributed by atoms with van der Waals surface area (Å²) in [6.45, 7) is 2.00. The van der Waals surface area contributed by atoms with Gasteiger partial charge in [-0.1, -0.05) is 6.07 Å². The van der Waals surface area contributed by atoms with Gasteiger partial charge in [0.2, 0.25) is 10.0 Å². The molecule has 112 valence electrons. The highest BCUT2D eigenvalue weighted by molar-refractivity contribution is 9.10. The fourth-order valence-electron chi connectivity index (χ4n) is 1.95. The Kier molecular flexibility index (Phi) is 4.65. The summed E-state index contributed by atoms with van der Waals surface area (Å²) >= 11 is 3.30. The van der Waals surface area contributed by atoms with Crippen molar-refractivity contribution in [2.45, 2.75) is 18.4 Å². The molecule has 1 aromatic heterocycles. The van der Waals surface area contributed by atoms with Gasteiger partial charge in [-0.15, -0.1) is 0 Å². The van der Waals surface area contributed by atoms with E-state index < -0.39 is 10.0 Å². The van der Waals surface area contributed by atoms with E-state index in [0.717, 1.165) is 5.56 Å². The Hall–Kier alpha value is -1.44. The second-order valence-electron chi connectivity index (χ2n) is 4.76. The summed E-state index contributed by atoms with van der Waals surface area (Å²) in [6, 6.07) is 6.80. The molecule has 5 nitrogen and oxygen atoms in total. The molecule has 21 heavy (non-hydrogen) atoms. The molecule has 1 aromatic carbocycles. The number of nitrogens with two attached hydrogens (primary N) is 1. The number of nitrogens with zero attached hydrogens (tertiary/aromatic N) is 2. The summed E-state index contributed by atoms with van der Waals surface area (Å²) in [5.74, 6) is 0. The molecule has 0 amide bonds. The smallest absolute Gasteiger partial charge is 0.243 e. The number of anilines is 1. The van der Waals surface area contributed by atoms with Crippen molar-refractivity contribution in [3.8, 4) is 0 Å². The van der Waals surface area contributed by atoms with E-state index >= 15 is 0 Å². The predicted molar refractivity (Wildman–Crippen MR) is 86.2 cm³/mol. The molecule has 2 rings (SSSR count). The summed E-state index contributed by atoms with van der Waals surface area (Å²) in [5.41, 5.74) is 7.67. The van der Waals surface area contributed by atoms with Crippen LogP contribution in [0, 0.1) is 6.92 Å². The lowest BCUT2D eigenvalue weighted by molar-refractivity contribution is 0.466. The third-order valence-electron chi connectivity index (χ3n) is 3.11. The summed E-state index contributed by atoms with van der Waals surface area (Å²) in [6.07, 6.45) is 3.30. The Morgan fingerprint density at radius 2 is 2.10 bits per heavy atom. The minimum absolute atomic E-state index is 0.217. The van der Waals surface area contributed by atoms with Crippen LogP contribution in [0.4, 0.5) is 5.69 Å². The van der Waals surface area contributed by atoms with E-state index in [4.69, 9.17) is 5.73 Å². The van der Waals surface area contributed by atoms with Gasteiger partial charge >= 0.3 is 0 Å². The van der Waals surface area contributed by atoms with Crippen molar-refractivity contribution >= 4 is 31.6 Å². The van der Waals surface area contributed by atoms with Crippen LogP contribution in [-0.2, 0) is 16.6 Å². The van der Waals surface area contributed by atoms with Gasteiger partial charge < -0.3 is 5.73 Å². The van der Waals surface area contributed by atoms with E-state index in [1.807, 2.05) is 6.07 Å². The van der Waals surface area contributed by atoms with Crippen LogP contribution in [0.15, 0.2) is 46.0 Å². The van der Waals surface area contributed by atoms with Crippen LogP contribution in [0.25, 0.3) is 0 Å². The van der Waals surface area contributed by atoms with Crippen molar-refractivity contribution in [1.29, 1.82) is 0 Å². The number of halogens is 1. The molecule has 1 heterocycles. The maximum Gasteiger partial charge on any atom is 0.243 e. The lowest BCUT2D eigenvalue weighted by Crippen LogP contribution is -2.27. The number of aromatic nitrogens is 1. The maximum atomic E-state index is 12.7. The molecule has 0 unspecified atom stereocenters. The SMILES string of the molecule is Cc1cc(Br)c(N)cc1S(=O)(=O)N(C)Cc1cccnc1. The molecule has 0 saturated heterocycles. The first-order valence-electron chi connectivity index (χ1n) is 6.23. The summed E-state index contributed by atoms with van der Waals surface area (Å²) in [7, 11) is -2.06. The van der Waals surface area contributed by atoms with Gasteiger partial charge in [0.1, 0.15) is 0 Å². The van der Waals surface area contributed by atoms with E-state index in [-0.39, 0.29) is 11.4 Å². The van der Waals surface area contributed by atoms with Crippen molar-refractivity contribution in [3.05, 3.63) is 52.3 Å². The van der Waals surface area contributed by atoms with Crippen molar-refractivity contribution in [1.82, 2.24) is 9.29 Å². The second-order valence-corrected chi connectivity index (χ2v) is 7.63. The monoisotopic (exact) mass is 369 g/mol. The van der Waals surface area contributed by atoms with Crippen LogP contribution in [0.1, 0.15) is 11.1 Å². The Morgan fingerprint density at radius 1 is 1.38 bits per heavy atom. The minimum atomic E-state index is -3.60. The topological polar surface area (TPSA) is 76.3 Å². The van der Waals surface area contributed by atoms with E-state index in [1.165, 1.54) is 10.4 Å². The minimum Gasteiger partial charge on any atom is -0.398 e. The summed E-state index contributed by atoms with van der Waals surface area (Å²) in [5, 5.41) is 0. The molecule has 7 heteroatoms. The Labute approximate surface area is 133 Å². The zero-order valence-electron chi connectivity index (χ0n) is 11.7. The molecule has 0 fully saturated rings. The molecule has 0 bridgehead atoms. The fourth-order valence-corrected chi connectivity index (χ4v) is 3.80. The van der Waals surface area contributed by atoms with Crippen LogP contribution in [0.2, 0.25) is 0 Å². The third-order valence-corrected chi connectivity index (χ3v) is 5.74. The quantitative estimate of drug-likeness (QED) is 0.840. The largest absolute Gasteiger partial charge is 0.398 e. The highest BCUT2D eigenvalue weighted by Crippen LogP contribution is 2.28. The van der Waals surface area contributed by atoms with E-state index in [1.54, 1.807) is 38.5 Å². The van der Waals surface area contributed by atoms with E-state index in [2.05, 4.69) is 20.9 Å². The maximum absolute atomic E-state index is 12.7. The van der Waals surface area contributed by atoms with Crippen molar-refractivity contribution < 1.29 is 8.42 Å². The highest BCUT2D eigenvalue weighted by atomic mass is 79.9. The number of hydrogen-bond acceptors (Lipinski definition) is 4. The normalized spacial score (nSPS) is 11.8. The van der Waals surface area contributed by atoms with Crippen LogP contribution in [0.5, 0.6) is 0 Å². The number of benzene rings is 1. The first kappa shape index (κ1) is 15.9. The summed E-state index contributed by atoms with van der Waals surface area (Å²) < 4.78 is 27.3. The molecule has 0 aliphatic heterocycles. The van der Waals surface area contributed by atoms with Crippen LogP contribution >= 0.6 is 15.9 Å². The van der Waals surface area contributed by atoms with Crippen LogP contribution < -0.4 is 5.73 Å². The average molecular weight is 370 g/mol. The Morgan fingerprint density at radius 3 is 2.71 bits per heavy atom. The lowest BCUT2D eigenvalue weighted by Gasteiger charge is -2.19. The fraction of sp³-hybridized carbons (Fsp3) is 0.214. The molecule has 0 saturated carbocycles. The van der Waals surface area contributed by atoms with Gasteiger partial charge in [-0.25, -0.2) is 8.42 Å². The molecule has 0 spiro atoms.